The maximum absolute atomic E-state index is 13.8. The highest BCUT2D eigenvalue weighted by Gasteiger charge is 2.23. The van der Waals surface area contributed by atoms with Crippen LogP contribution in [0.25, 0.3) is 0 Å². The Morgan fingerprint density at radius 1 is 1.38 bits per heavy atom. The molecule has 0 spiro atoms. The van der Waals surface area contributed by atoms with E-state index in [1.54, 1.807) is 26.2 Å². The number of nitrogens with zero attached hydrogens (tertiary/aromatic N) is 2. The lowest BCUT2D eigenvalue weighted by molar-refractivity contribution is -0.121. The maximum Gasteiger partial charge on any atom is 0.220 e. The summed E-state index contributed by atoms with van der Waals surface area (Å²) in [4.78, 5) is 18.0. The molecular weight excluding hydrogens is 470 g/mol. The van der Waals surface area contributed by atoms with E-state index in [-0.39, 0.29) is 35.7 Å². The smallest absolute Gasteiger partial charge is 0.220 e. The van der Waals surface area contributed by atoms with Gasteiger partial charge in [0.1, 0.15) is 5.82 Å². The van der Waals surface area contributed by atoms with Gasteiger partial charge in [-0.2, -0.15) is 0 Å². The van der Waals surface area contributed by atoms with Crippen LogP contribution < -0.4 is 10.6 Å². The SMILES string of the molecule is CN=C(NCCc1c(F)cccc1Cl)N1CCC(CC(=O)NC)CC1.I. The van der Waals surface area contributed by atoms with Crippen molar-refractivity contribution in [3.05, 3.63) is 34.6 Å². The Morgan fingerprint density at radius 3 is 2.65 bits per heavy atom. The standard InChI is InChI=1S/C18H26ClFN4O.HI/c1-21-17(25)12-13-7-10-24(11-8-13)18(22-2)23-9-6-14-15(19)4-3-5-16(14)20;/h3-5,13H,6-12H2,1-2H3,(H,21,25)(H,22,23);1H. The van der Waals surface area contributed by atoms with Gasteiger partial charge in [0, 0.05) is 50.7 Å². The number of benzene rings is 1. The van der Waals surface area contributed by atoms with Crippen LogP contribution in [-0.2, 0) is 11.2 Å². The topological polar surface area (TPSA) is 56.7 Å². The van der Waals surface area contributed by atoms with Crippen molar-refractivity contribution in [2.24, 2.45) is 10.9 Å². The van der Waals surface area contributed by atoms with E-state index in [2.05, 4.69) is 20.5 Å². The zero-order valence-corrected chi connectivity index (χ0v) is 18.3. The lowest BCUT2D eigenvalue weighted by Gasteiger charge is -2.34. The fraction of sp³-hybridized carbons (Fsp3) is 0.556. The predicted molar refractivity (Wildman–Crippen MR) is 115 cm³/mol. The van der Waals surface area contributed by atoms with Gasteiger partial charge in [-0.3, -0.25) is 9.79 Å². The Balaban J connectivity index is 0.00000338. The van der Waals surface area contributed by atoms with Crippen molar-refractivity contribution in [2.75, 3.05) is 33.7 Å². The third-order valence-corrected chi connectivity index (χ3v) is 4.95. The Labute approximate surface area is 176 Å². The van der Waals surface area contributed by atoms with Crippen LogP contribution in [0.2, 0.25) is 5.02 Å². The van der Waals surface area contributed by atoms with Gasteiger partial charge in [0.05, 0.1) is 0 Å². The summed E-state index contributed by atoms with van der Waals surface area (Å²) in [5.74, 6) is 1.06. The predicted octanol–water partition coefficient (Wildman–Crippen LogP) is 3.06. The van der Waals surface area contributed by atoms with Gasteiger partial charge in [-0.25, -0.2) is 4.39 Å². The zero-order valence-electron chi connectivity index (χ0n) is 15.2. The summed E-state index contributed by atoms with van der Waals surface area (Å²) in [7, 11) is 3.42. The molecule has 1 aromatic rings. The molecule has 0 aromatic heterocycles. The maximum atomic E-state index is 13.8. The highest BCUT2D eigenvalue weighted by Crippen LogP contribution is 2.21. The number of carbonyl (C=O) groups is 1. The monoisotopic (exact) mass is 496 g/mol. The van der Waals surface area contributed by atoms with E-state index in [9.17, 15) is 9.18 Å². The number of nitrogens with one attached hydrogen (secondary N) is 2. The minimum atomic E-state index is -0.278. The number of carbonyl (C=O) groups excluding carboxylic acids is 1. The Morgan fingerprint density at radius 2 is 2.08 bits per heavy atom. The summed E-state index contributed by atoms with van der Waals surface area (Å²) >= 11 is 6.06. The van der Waals surface area contributed by atoms with Crippen molar-refractivity contribution in [1.29, 1.82) is 0 Å². The largest absolute Gasteiger partial charge is 0.359 e. The molecule has 1 saturated heterocycles. The molecule has 0 aliphatic carbocycles. The first kappa shape index (κ1) is 23.0. The van der Waals surface area contributed by atoms with Crippen molar-refractivity contribution in [1.82, 2.24) is 15.5 Å². The van der Waals surface area contributed by atoms with E-state index in [0.717, 1.165) is 31.9 Å². The number of halogens is 3. The number of likely N-dealkylation sites (tertiary alicyclic amines) is 1. The first-order valence-electron chi connectivity index (χ1n) is 8.64. The number of amides is 1. The third-order valence-electron chi connectivity index (χ3n) is 4.60. The van der Waals surface area contributed by atoms with Gasteiger partial charge in [-0.1, -0.05) is 17.7 Å². The average Bonchev–Trinajstić information content (AvgIpc) is 2.61. The van der Waals surface area contributed by atoms with Crippen LogP contribution in [0.1, 0.15) is 24.8 Å². The quantitative estimate of drug-likeness (QED) is 0.374. The van der Waals surface area contributed by atoms with Gasteiger partial charge >= 0.3 is 0 Å². The van der Waals surface area contributed by atoms with Crippen molar-refractivity contribution >= 4 is 47.4 Å². The molecule has 26 heavy (non-hydrogen) atoms. The van der Waals surface area contributed by atoms with Gasteiger partial charge in [0.15, 0.2) is 5.96 Å². The molecule has 1 amide bonds. The van der Waals surface area contributed by atoms with Gasteiger partial charge in [-0.15, -0.1) is 24.0 Å². The van der Waals surface area contributed by atoms with Gasteiger partial charge < -0.3 is 15.5 Å². The summed E-state index contributed by atoms with van der Waals surface area (Å²) in [6.07, 6.45) is 3.01. The van der Waals surface area contributed by atoms with Gasteiger partial charge in [0.2, 0.25) is 5.91 Å². The number of guanidine groups is 1. The number of hydrogen-bond acceptors (Lipinski definition) is 2. The van der Waals surface area contributed by atoms with Crippen LogP contribution in [0, 0.1) is 11.7 Å². The fourth-order valence-electron chi connectivity index (χ4n) is 3.12. The molecule has 8 heteroatoms. The van der Waals surface area contributed by atoms with E-state index < -0.39 is 0 Å². The second-order valence-electron chi connectivity index (χ2n) is 6.23. The van der Waals surface area contributed by atoms with Crippen molar-refractivity contribution in [3.63, 3.8) is 0 Å². The highest BCUT2D eigenvalue weighted by molar-refractivity contribution is 14.0. The molecule has 0 atom stereocenters. The molecule has 1 heterocycles. The van der Waals surface area contributed by atoms with Crippen molar-refractivity contribution < 1.29 is 9.18 Å². The summed E-state index contributed by atoms with van der Waals surface area (Å²) < 4.78 is 13.8. The molecule has 1 aliphatic rings. The fourth-order valence-corrected chi connectivity index (χ4v) is 3.37. The van der Waals surface area contributed by atoms with Crippen LogP contribution >= 0.6 is 35.6 Å². The first-order chi connectivity index (χ1) is 12.0. The second kappa shape index (κ2) is 11.6. The lowest BCUT2D eigenvalue weighted by atomic mass is 9.93. The van der Waals surface area contributed by atoms with E-state index in [1.165, 1.54) is 6.07 Å². The number of piperidine rings is 1. The molecular formula is C18H27ClFIN4O. The summed E-state index contributed by atoms with van der Waals surface area (Å²) in [5.41, 5.74) is 0.524. The number of hydrogen-bond donors (Lipinski definition) is 2. The summed E-state index contributed by atoms with van der Waals surface area (Å²) in [6.45, 7) is 2.29. The van der Waals surface area contributed by atoms with E-state index in [4.69, 9.17) is 11.6 Å². The molecule has 2 rings (SSSR count). The van der Waals surface area contributed by atoms with Crippen LogP contribution in [-0.4, -0.2) is 50.5 Å². The van der Waals surface area contributed by atoms with Crippen LogP contribution in [0.3, 0.4) is 0 Å². The minimum absolute atomic E-state index is 0. The molecule has 2 N–H and O–H groups in total. The molecule has 5 nitrogen and oxygen atoms in total. The average molecular weight is 497 g/mol. The Bertz CT molecular complexity index is 601. The van der Waals surface area contributed by atoms with Gasteiger partial charge in [0.25, 0.3) is 0 Å². The molecule has 0 unspecified atom stereocenters. The van der Waals surface area contributed by atoms with E-state index >= 15 is 0 Å². The van der Waals surface area contributed by atoms with Crippen LogP contribution in [0.5, 0.6) is 0 Å². The highest BCUT2D eigenvalue weighted by atomic mass is 127. The normalized spacial score (nSPS) is 15.4. The first-order valence-corrected chi connectivity index (χ1v) is 9.02. The van der Waals surface area contributed by atoms with E-state index in [0.29, 0.717) is 35.9 Å². The minimum Gasteiger partial charge on any atom is -0.359 e. The third kappa shape index (κ3) is 6.57. The molecule has 1 aromatic carbocycles. The molecule has 1 fully saturated rings. The van der Waals surface area contributed by atoms with Crippen LogP contribution in [0.15, 0.2) is 23.2 Å². The lowest BCUT2D eigenvalue weighted by Crippen LogP contribution is -2.46. The number of aliphatic imine (C=N–C) groups is 1. The zero-order chi connectivity index (χ0) is 18.2. The van der Waals surface area contributed by atoms with Crippen molar-refractivity contribution in [2.45, 2.75) is 25.7 Å². The Hall–Kier alpha value is -1.09. The molecule has 0 bridgehead atoms. The Kier molecular flexibility index (Phi) is 10.2. The van der Waals surface area contributed by atoms with Crippen molar-refractivity contribution in [3.8, 4) is 0 Å². The van der Waals surface area contributed by atoms with Crippen LogP contribution in [0.4, 0.5) is 4.39 Å². The summed E-state index contributed by atoms with van der Waals surface area (Å²) in [6, 6.07) is 4.73. The molecule has 0 saturated carbocycles. The van der Waals surface area contributed by atoms with Gasteiger partial charge in [-0.05, 0) is 37.3 Å². The number of rotatable bonds is 5. The molecule has 146 valence electrons. The molecule has 1 aliphatic heterocycles. The molecule has 0 radical (unpaired) electrons. The van der Waals surface area contributed by atoms with E-state index in [1.807, 2.05) is 0 Å². The summed E-state index contributed by atoms with van der Waals surface area (Å²) in [5, 5.41) is 6.41. The second-order valence-corrected chi connectivity index (χ2v) is 6.64.